The highest BCUT2D eigenvalue weighted by molar-refractivity contribution is 5.91. The maximum atomic E-state index is 12.6. The van der Waals surface area contributed by atoms with Crippen molar-refractivity contribution in [3.63, 3.8) is 0 Å². The number of rotatable bonds is 9. The summed E-state index contributed by atoms with van der Waals surface area (Å²) in [6, 6.07) is 9.46. The Hall–Kier alpha value is -3.17. The van der Waals surface area contributed by atoms with E-state index in [1.165, 1.54) is 0 Å². The monoisotopic (exact) mass is 448 g/mol. The van der Waals surface area contributed by atoms with Crippen molar-refractivity contribution in [2.75, 3.05) is 19.8 Å². The number of benzene rings is 2. The molecule has 0 aliphatic rings. The Balaban J connectivity index is 2.48. The first kappa shape index (κ1) is 24.1. The molecule has 2 aromatic carbocycles. The van der Waals surface area contributed by atoms with Gasteiger partial charge in [0, 0.05) is 5.56 Å². The first-order valence-corrected chi connectivity index (χ1v) is 8.94. The maximum absolute atomic E-state index is 12.6. The number of alkyl halides is 6. The summed E-state index contributed by atoms with van der Waals surface area (Å²) >= 11 is 0. The third-order valence-corrected chi connectivity index (χ3v) is 3.75. The van der Waals surface area contributed by atoms with E-state index in [0.29, 0.717) is 24.2 Å². The Kier molecular flexibility index (Phi) is 7.95. The van der Waals surface area contributed by atoms with E-state index in [4.69, 9.17) is 9.47 Å². The smallest absolute Gasteiger partial charge is 0.422 e. The van der Waals surface area contributed by atoms with Gasteiger partial charge in [0.2, 0.25) is 0 Å². The highest BCUT2D eigenvalue weighted by atomic mass is 19.4. The molecule has 0 N–H and O–H groups in total. The van der Waals surface area contributed by atoms with Crippen LogP contribution in [0.15, 0.2) is 48.5 Å². The molecule has 0 saturated carbocycles. The lowest BCUT2D eigenvalue weighted by Gasteiger charge is -2.17. The summed E-state index contributed by atoms with van der Waals surface area (Å²) in [5, 5.41) is 0. The summed E-state index contributed by atoms with van der Waals surface area (Å²) in [6.45, 7) is -1.03. The summed E-state index contributed by atoms with van der Waals surface area (Å²) in [5.74, 6) is -0.0133. The predicted molar refractivity (Wildman–Crippen MR) is 100 cm³/mol. The first-order chi connectivity index (χ1) is 14.5. The summed E-state index contributed by atoms with van der Waals surface area (Å²) in [7, 11) is 0. The molecule has 0 unspecified atom stereocenters. The van der Waals surface area contributed by atoms with Crippen molar-refractivity contribution >= 4 is 11.9 Å². The zero-order valence-electron chi connectivity index (χ0n) is 16.2. The van der Waals surface area contributed by atoms with Crippen LogP contribution in [0.25, 0.3) is 5.57 Å². The van der Waals surface area contributed by atoms with Gasteiger partial charge in [0.15, 0.2) is 13.2 Å². The van der Waals surface area contributed by atoms with Crippen LogP contribution >= 0.6 is 0 Å². The molecule has 0 amide bonds. The Morgan fingerprint density at radius 2 is 1.42 bits per heavy atom. The number of carbonyl (C=O) groups is 1. The van der Waals surface area contributed by atoms with Crippen molar-refractivity contribution in [3.8, 4) is 17.2 Å². The van der Waals surface area contributed by atoms with E-state index in [1.54, 1.807) is 31.2 Å². The van der Waals surface area contributed by atoms with Crippen molar-refractivity contribution in [2.24, 2.45) is 0 Å². The van der Waals surface area contributed by atoms with Crippen molar-refractivity contribution in [3.05, 3.63) is 59.7 Å². The second kappa shape index (κ2) is 10.2. The molecule has 0 aromatic heterocycles. The average molecular weight is 448 g/mol. The number of carbonyl (C=O) groups excluding carboxylic acids is 1. The standard InChI is InChI=1S/C21H18F6O4/c1-2-29-15-5-3-14(4-6-15)17(9-10-28)18-11-16(30-12-20(22,23)24)7-8-19(18)31-13-21(25,26)27/h3-11H,2,12-13H2,1H3. The van der Waals surface area contributed by atoms with E-state index in [2.05, 4.69) is 4.74 Å². The van der Waals surface area contributed by atoms with Crippen LogP contribution in [0, 0.1) is 0 Å². The highest BCUT2D eigenvalue weighted by Crippen LogP contribution is 2.36. The molecule has 4 nitrogen and oxygen atoms in total. The fraction of sp³-hybridized carbons (Fsp3) is 0.286. The molecular formula is C21H18F6O4. The van der Waals surface area contributed by atoms with Gasteiger partial charge >= 0.3 is 12.4 Å². The van der Waals surface area contributed by atoms with Crippen molar-refractivity contribution < 1.29 is 45.3 Å². The maximum Gasteiger partial charge on any atom is 0.422 e. The van der Waals surface area contributed by atoms with Crippen molar-refractivity contribution in [2.45, 2.75) is 19.3 Å². The minimum Gasteiger partial charge on any atom is -0.494 e. The van der Waals surface area contributed by atoms with Gasteiger partial charge in [-0.2, -0.15) is 26.3 Å². The second-order valence-electron chi connectivity index (χ2n) is 6.14. The van der Waals surface area contributed by atoms with Crippen LogP contribution in [-0.4, -0.2) is 38.5 Å². The van der Waals surface area contributed by atoms with Gasteiger partial charge in [-0.25, -0.2) is 0 Å². The van der Waals surface area contributed by atoms with Crippen LogP contribution < -0.4 is 14.2 Å². The van der Waals surface area contributed by atoms with E-state index >= 15 is 0 Å². The molecule has 0 atom stereocenters. The lowest BCUT2D eigenvalue weighted by molar-refractivity contribution is -0.154. The molecule has 0 aliphatic heterocycles. The molecule has 0 aliphatic carbocycles. The Morgan fingerprint density at radius 1 is 0.839 bits per heavy atom. The van der Waals surface area contributed by atoms with Crippen LogP contribution in [-0.2, 0) is 4.79 Å². The molecule has 2 aromatic rings. The molecule has 168 valence electrons. The fourth-order valence-electron chi connectivity index (χ4n) is 2.57. The number of hydrogen-bond donors (Lipinski definition) is 0. The summed E-state index contributed by atoms with van der Waals surface area (Å²) in [6.07, 6.45) is -7.78. The van der Waals surface area contributed by atoms with Crippen molar-refractivity contribution in [1.29, 1.82) is 0 Å². The number of hydrogen-bond acceptors (Lipinski definition) is 4. The normalized spacial score (nSPS) is 12.4. The Morgan fingerprint density at radius 3 is 1.97 bits per heavy atom. The minimum absolute atomic E-state index is 0.0415. The number of ether oxygens (including phenoxy) is 3. The van der Waals surface area contributed by atoms with E-state index < -0.39 is 25.6 Å². The molecule has 0 radical (unpaired) electrons. The van der Waals surface area contributed by atoms with Gasteiger partial charge in [0.25, 0.3) is 0 Å². The van der Waals surface area contributed by atoms with Gasteiger partial charge in [-0.05, 0) is 54.5 Å². The Bertz CT molecular complexity index is 902. The summed E-state index contributed by atoms with van der Waals surface area (Å²) < 4.78 is 90.2. The fourth-order valence-corrected chi connectivity index (χ4v) is 2.57. The van der Waals surface area contributed by atoms with E-state index in [1.807, 2.05) is 0 Å². The van der Waals surface area contributed by atoms with Crippen molar-refractivity contribution in [1.82, 2.24) is 0 Å². The molecule has 2 rings (SSSR count). The highest BCUT2D eigenvalue weighted by Gasteiger charge is 2.30. The van der Waals surface area contributed by atoms with Gasteiger partial charge < -0.3 is 14.2 Å². The topological polar surface area (TPSA) is 44.8 Å². The zero-order chi connectivity index (χ0) is 23.1. The molecule has 0 spiro atoms. The molecule has 0 heterocycles. The van der Waals surface area contributed by atoms with Crippen LogP contribution in [0.5, 0.6) is 17.2 Å². The van der Waals surface area contributed by atoms with Gasteiger partial charge in [0.05, 0.1) is 6.61 Å². The third-order valence-electron chi connectivity index (χ3n) is 3.75. The quantitative estimate of drug-likeness (QED) is 0.285. The lowest BCUT2D eigenvalue weighted by Crippen LogP contribution is -2.20. The largest absolute Gasteiger partial charge is 0.494 e. The molecular weight excluding hydrogens is 430 g/mol. The predicted octanol–water partition coefficient (Wildman–Crippen LogP) is 5.60. The molecule has 10 heteroatoms. The molecule has 31 heavy (non-hydrogen) atoms. The molecule has 0 saturated heterocycles. The summed E-state index contributed by atoms with van der Waals surface area (Å²) in [5.41, 5.74) is 0.494. The van der Waals surface area contributed by atoms with E-state index in [-0.39, 0.29) is 22.6 Å². The van der Waals surface area contributed by atoms with Crippen LogP contribution in [0.2, 0.25) is 0 Å². The zero-order valence-corrected chi connectivity index (χ0v) is 16.2. The second-order valence-corrected chi connectivity index (χ2v) is 6.14. The third kappa shape index (κ3) is 7.88. The Labute approximate surface area is 174 Å². The molecule has 0 fully saturated rings. The number of halogens is 6. The SMILES string of the molecule is CCOc1ccc(C(=CC=O)c2cc(OCC(F)(F)F)ccc2OCC(F)(F)F)cc1. The average Bonchev–Trinajstić information content (AvgIpc) is 2.69. The summed E-state index contributed by atoms with van der Waals surface area (Å²) in [4.78, 5) is 11.2. The lowest BCUT2D eigenvalue weighted by atomic mass is 9.96. The van der Waals surface area contributed by atoms with E-state index in [9.17, 15) is 31.1 Å². The van der Waals surface area contributed by atoms with Gasteiger partial charge in [-0.1, -0.05) is 12.1 Å². The van der Waals surface area contributed by atoms with Gasteiger partial charge in [-0.3, -0.25) is 4.79 Å². The van der Waals surface area contributed by atoms with Gasteiger partial charge in [0.1, 0.15) is 23.5 Å². The van der Waals surface area contributed by atoms with E-state index in [0.717, 1.165) is 24.3 Å². The van der Waals surface area contributed by atoms with Crippen LogP contribution in [0.4, 0.5) is 26.3 Å². The number of aldehydes is 1. The molecule has 0 bridgehead atoms. The first-order valence-electron chi connectivity index (χ1n) is 8.94. The number of allylic oxidation sites excluding steroid dienone is 1. The van der Waals surface area contributed by atoms with Crippen LogP contribution in [0.1, 0.15) is 18.1 Å². The minimum atomic E-state index is -4.64. The van der Waals surface area contributed by atoms with Crippen LogP contribution in [0.3, 0.4) is 0 Å². The van der Waals surface area contributed by atoms with Gasteiger partial charge in [-0.15, -0.1) is 0 Å².